The predicted molar refractivity (Wildman–Crippen MR) is 79.3 cm³/mol. The van der Waals surface area contributed by atoms with Crippen LogP contribution in [-0.2, 0) is 12.8 Å². The van der Waals surface area contributed by atoms with E-state index in [0.717, 1.165) is 18.9 Å². The zero-order valence-corrected chi connectivity index (χ0v) is 11.7. The number of nitrogens with zero attached hydrogens (tertiary/aromatic N) is 1. The summed E-state index contributed by atoms with van der Waals surface area (Å²) in [7, 11) is 0. The van der Waals surface area contributed by atoms with E-state index >= 15 is 0 Å². The van der Waals surface area contributed by atoms with Crippen LogP contribution in [0.15, 0.2) is 36.4 Å². The van der Waals surface area contributed by atoms with Crippen molar-refractivity contribution in [3.8, 4) is 0 Å². The highest BCUT2D eigenvalue weighted by Crippen LogP contribution is 2.28. The summed E-state index contributed by atoms with van der Waals surface area (Å²) in [6.45, 7) is 0. The van der Waals surface area contributed by atoms with E-state index in [4.69, 9.17) is 11.6 Å². The molecule has 4 nitrogen and oxygen atoms in total. The van der Waals surface area contributed by atoms with Gasteiger partial charge in [0.25, 0.3) is 0 Å². The van der Waals surface area contributed by atoms with E-state index in [-0.39, 0.29) is 6.04 Å². The molecule has 1 aliphatic rings. The lowest BCUT2D eigenvalue weighted by Crippen LogP contribution is -2.19. The number of nitro groups is 1. The first kappa shape index (κ1) is 13.8. The van der Waals surface area contributed by atoms with Gasteiger partial charge in [0, 0.05) is 28.9 Å². The van der Waals surface area contributed by atoms with Gasteiger partial charge in [-0.15, -0.1) is 0 Å². The van der Waals surface area contributed by atoms with Crippen molar-refractivity contribution in [2.45, 2.75) is 18.9 Å². The molecule has 2 aromatic carbocycles. The third-order valence-electron chi connectivity index (χ3n) is 3.62. The van der Waals surface area contributed by atoms with Gasteiger partial charge in [0.15, 0.2) is 0 Å². The average molecular weight is 307 g/mol. The number of hydrogen-bond acceptors (Lipinski definition) is 3. The highest BCUT2D eigenvalue weighted by atomic mass is 35.5. The van der Waals surface area contributed by atoms with Crippen LogP contribution in [-0.4, -0.2) is 11.0 Å². The van der Waals surface area contributed by atoms with Gasteiger partial charge in [0.05, 0.1) is 4.92 Å². The standard InChI is InChI=1S/C15H12ClFN2O2/c16-11-2-1-9-6-13(7-10(9)5-11)18-12-3-4-15(19(20)21)14(17)8-12/h1-5,8,13,18H,6-7H2. The van der Waals surface area contributed by atoms with Crippen LogP contribution >= 0.6 is 11.6 Å². The number of fused-ring (bicyclic) bond motifs is 1. The molecular formula is C15H12ClFN2O2. The van der Waals surface area contributed by atoms with Crippen LogP contribution in [0.4, 0.5) is 15.8 Å². The zero-order chi connectivity index (χ0) is 15.0. The smallest absolute Gasteiger partial charge is 0.304 e. The number of anilines is 1. The molecule has 1 unspecified atom stereocenters. The Hall–Kier alpha value is -2.14. The second-order valence-electron chi connectivity index (χ2n) is 5.09. The molecule has 2 aromatic rings. The quantitative estimate of drug-likeness (QED) is 0.689. The minimum Gasteiger partial charge on any atom is -0.382 e. The Kier molecular flexibility index (Phi) is 3.51. The largest absolute Gasteiger partial charge is 0.382 e. The van der Waals surface area contributed by atoms with Crippen molar-refractivity contribution in [2.24, 2.45) is 0 Å². The summed E-state index contributed by atoms with van der Waals surface area (Å²) in [6.07, 6.45) is 1.62. The maximum Gasteiger partial charge on any atom is 0.304 e. The molecule has 3 rings (SSSR count). The highest BCUT2D eigenvalue weighted by molar-refractivity contribution is 6.30. The van der Waals surface area contributed by atoms with Crippen LogP contribution in [0.1, 0.15) is 11.1 Å². The normalized spacial score (nSPS) is 16.6. The van der Waals surface area contributed by atoms with Gasteiger partial charge in [-0.25, -0.2) is 0 Å². The molecule has 0 saturated carbocycles. The fraction of sp³-hybridized carbons (Fsp3) is 0.200. The molecule has 6 heteroatoms. The van der Waals surface area contributed by atoms with Gasteiger partial charge in [0.1, 0.15) is 0 Å². The van der Waals surface area contributed by atoms with E-state index in [9.17, 15) is 14.5 Å². The van der Waals surface area contributed by atoms with E-state index in [0.29, 0.717) is 10.7 Å². The van der Waals surface area contributed by atoms with E-state index in [1.54, 1.807) is 0 Å². The molecule has 0 spiro atoms. The lowest BCUT2D eigenvalue weighted by molar-refractivity contribution is -0.387. The molecular weight excluding hydrogens is 295 g/mol. The molecule has 21 heavy (non-hydrogen) atoms. The summed E-state index contributed by atoms with van der Waals surface area (Å²) in [5.74, 6) is -0.830. The molecule has 1 atom stereocenters. The number of rotatable bonds is 3. The minimum atomic E-state index is -0.830. The van der Waals surface area contributed by atoms with Crippen molar-refractivity contribution in [3.05, 3.63) is 68.5 Å². The van der Waals surface area contributed by atoms with Gasteiger partial charge in [0.2, 0.25) is 5.82 Å². The maximum atomic E-state index is 13.6. The van der Waals surface area contributed by atoms with Crippen LogP contribution in [0.2, 0.25) is 5.02 Å². The van der Waals surface area contributed by atoms with Crippen LogP contribution in [0, 0.1) is 15.9 Å². The molecule has 1 N–H and O–H groups in total. The first-order valence-corrected chi connectivity index (χ1v) is 6.88. The molecule has 0 aromatic heterocycles. The van der Waals surface area contributed by atoms with Crippen molar-refractivity contribution >= 4 is 23.0 Å². The first-order valence-electron chi connectivity index (χ1n) is 6.51. The second-order valence-corrected chi connectivity index (χ2v) is 5.52. The van der Waals surface area contributed by atoms with E-state index in [1.807, 2.05) is 18.2 Å². The number of benzene rings is 2. The fourth-order valence-corrected chi connectivity index (χ4v) is 2.86. The molecule has 0 heterocycles. The summed E-state index contributed by atoms with van der Waals surface area (Å²) in [5.41, 5.74) is 2.44. The lowest BCUT2D eigenvalue weighted by atomic mass is 10.1. The summed E-state index contributed by atoms with van der Waals surface area (Å²) >= 11 is 5.97. The van der Waals surface area contributed by atoms with E-state index in [2.05, 4.69) is 5.32 Å². The number of nitrogens with one attached hydrogen (secondary N) is 1. The van der Waals surface area contributed by atoms with Gasteiger partial charge in [-0.3, -0.25) is 10.1 Å². The Morgan fingerprint density at radius 1 is 1.19 bits per heavy atom. The molecule has 108 valence electrons. The van der Waals surface area contributed by atoms with Gasteiger partial charge in [-0.05, 0) is 42.2 Å². The Bertz CT molecular complexity index is 721. The summed E-state index contributed by atoms with van der Waals surface area (Å²) < 4.78 is 13.6. The zero-order valence-electron chi connectivity index (χ0n) is 11.0. The second kappa shape index (κ2) is 5.33. The van der Waals surface area contributed by atoms with Crippen LogP contribution in [0.5, 0.6) is 0 Å². The van der Waals surface area contributed by atoms with Crippen molar-refractivity contribution in [2.75, 3.05) is 5.32 Å². The predicted octanol–water partition coefficient (Wildman–Crippen LogP) is 3.97. The Labute approximate surface area is 125 Å². The topological polar surface area (TPSA) is 55.2 Å². The number of nitro benzene ring substituents is 1. The Morgan fingerprint density at radius 2 is 1.95 bits per heavy atom. The van der Waals surface area contributed by atoms with Gasteiger partial charge < -0.3 is 5.32 Å². The van der Waals surface area contributed by atoms with Crippen molar-refractivity contribution in [1.29, 1.82) is 0 Å². The highest BCUT2D eigenvalue weighted by Gasteiger charge is 2.22. The monoisotopic (exact) mass is 306 g/mol. The molecule has 0 saturated heterocycles. The molecule has 0 fully saturated rings. The molecule has 0 radical (unpaired) electrons. The van der Waals surface area contributed by atoms with Crippen LogP contribution < -0.4 is 5.32 Å². The van der Waals surface area contributed by atoms with Crippen molar-refractivity contribution in [1.82, 2.24) is 0 Å². The van der Waals surface area contributed by atoms with Gasteiger partial charge in [-0.1, -0.05) is 17.7 Å². The van der Waals surface area contributed by atoms with Crippen LogP contribution in [0.25, 0.3) is 0 Å². The van der Waals surface area contributed by atoms with Crippen LogP contribution in [0.3, 0.4) is 0 Å². The Morgan fingerprint density at radius 3 is 2.67 bits per heavy atom. The summed E-state index contributed by atoms with van der Waals surface area (Å²) in [4.78, 5) is 9.86. The van der Waals surface area contributed by atoms with Crippen molar-refractivity contribution in [3.63, 3.8) is 0 Å². The molecule has 0 amide bonds. The Balaban J connectivity index is 1.74. The van der Waals surface area contributed by atoms with Crippen molar-refractivity contribution < 1.29 is 9.31 Å². The lowest BCUT2D eigenvalue weighted by Gasteiger charge is -2.13. The molecule has 1 aliphatic carbocycles. The van der Waals surface area contributed by atoms with E-state index < -0.39 is 16.4 Å². The number of halogens is 2. The average Bonchev–Trinajstić information content (AvgIpc) is 2.79. The molecule has 0 aliphatic heterocycles. The summed E-state index contributed by atoms with van der Waals surface area (Å²) in [5, 5.41) is 14.5. The van der Waals surface area contributed by atoms with Gasteiger partial charge >= 0.3 is 5.69 Å². The van der Waals surface area contributed by atoms with Gasteiger partial charge in [-0.2, -0.15) is 4.39 Å². The minimum absolute atomic E-state index is 0.138. The third kappa shape index (κ3) is 2.83. The SMILES string of the molecule is O=[N+]([O-])c1ccc(NC2Cc3ccc(Cl)cc3C2)cc1F. The molecule has 0 bridgehead atoms. The maximum absolute atomic E-state index is 13.6. The first-order chi connectivity index (χ1) is 10.0. The summed E-state index contributed by atoms with van der Waals surface area (Å²) in [6, 6.07) is 9.79. The fourth-order valence-electron chi connectivity index (χ4n) is 2.67. The number of hydrogen-bond donors (Lipinski definition) is 1. The van der Waals surface area contributed by atoms with E-state index in [1.165, 1.54) is 23.3 Å². The third-order valence-corrected chi connectivity index (χ3v) is 3.85.